The first-order valence-corrected chi connectivity index (χ1v) is 21.7. The van der Waals surface area contributed by atoms with Crippen molar-refractivity contribution in [2.45, 2.75) is 136 Å². The molecule has 0 bridgehead atoms. The summed E-state index contributed by atoms with van der Waals surface area (Å²) in [7, 11) is 0. The van der Waals surface area contributed by atoms with Crippen molar-refractivity contribution in [1.82, 2.24) is 0 Å². The van der Waals surface area contributed by atoms with Crippen LogP contribution in [0.2, 0.25) is 10.0 Å². The molecule has 1 N–H and O–H groups in total. The Bertz CT molecular complexity index is 1730. The van der Waals surface area contributed by atoms with Gasteiger partial charge in [-0.25, -0.2) is 9.59 Å². The van der Waals surface area contributed by atoms with E-state index in [4.69, 9.17) is 46.9 Å². The fourth-order valence-corrected chi connectivity index (χ4v) is 11.6. The lowest BCUT2D eigenvalue weighted by atomic mass is 9.43. The number of carbonyl (C=O) groups is 3. The Balaban J connectivity index is 0.961. The molecule has 11 heteroatoms. The molecule has 0 aliphatic heterocycles. The van der Waals surface area contributed by atoms with Crippen molar-refractivity contribution in [3.8, 4) is 11.5 Å². The van der Waals surface area contributed by atoms with Gasteiger partial charge >= 0.3 is 17.9 Å². The SMILES string of the molecule is C[C@H](CCC(=O)OCCOC(=O)C(C)(C)Oc1ccc(Cl)cc1)[C@H]1CCC2C3C(CC[C@@]21C)[C@@]1(C)CC[C@@H](OC(=O)C(C)(C)Oc2ccc(Cl)cc2)C[C@H]1C[C@@H]3O. The number of rotatable bonds is 14. The van der Waals surface area contributed by atoms with Crippen LogP contribution in [0, 0.1) is 46.3 Å². The summed E-state index contributed by atoms with van der Waals surface area (Å²) < 4.78 is 28.7. The molecule has 9 nitrogen and oxygen atoms in total. The van der Waals surface area contributed by atoms with E-state index in [1.807, 2.05) is 0 Å². The van der Waals surface area contributed by atoms with Gasteiger partial charge in [0, 0.05) is 16.5 Å². The van der Waals surface area contributed by atoms with Crippen LogP contribution in [0.3, 0.4) is 0 Å². The molecule has 57 heavy (non-hydrogen) atoms. The molecule has 0 amide bonds. The average molecular weight is 830 g/mol. The number of aliphatic hydroxyl groups is 1. The lowest BCUT2D eigenvalue weighted by Gasteiger charge is -2.62. The fourth-order valence-electron chi connectivity index (χ4n) is 11.3. The Morgan fingerprint density at radius 3 is 1.91 bits per heavy atom. The molecule has 0 saturated heterocycles. The van der Waals surface area contributed by atoms with Crippen molar-refractivity contribution in [2.75, 3.05) is 13.2 Å². The van der Waals surface area contributed by atoms with E-state index in [2.05, 4.69) is 20.8 Å². The highest BCUT2D eigenvalue weighted by Gasteiger charge is 2.63. The number of benzene rings is 2. The molecule has 6 rings (SSSR count). The highest BCUT2D eigenvalue weighted by atomic mass is 35.5. The van der Waals surface area contributed by atoms with E-state index < -0.39 is 17.2 Å². The molecule has 4 aliphatic carbocycles. The summed E-state index contributed by atoms with van der Waals surface area (Å²) >= 11 is 12.0. The lowest BCUT2D eigenvalue weighted by molar-refractivity contribution is -0.189. The van der Waals surface area contributed by atoms with Crippen LogP contribution < -0.4 is 9.47 Å². The molecule has 4 fully saturated rings. The number of fused-ring (bicyclic) bond motifs is 5. The van der Waals surface area contributed by atoms with Gasteiger partial charge in [0.2, 0.25) is 0 Å². The maximum Gasteiger partial charge on any atom is 0.350 e. The Morgan fingerprint density at radius 2 is 1.30 bits per heavy atom. The first-order valence-electron chi connectivity index (χ1n) is 20.9. The molecule has 0 heterocycles. The highest BCUT2D eigenvalue weighted by molar-refractivity contribution is 6.30. The normalized spacial score (nSPS) is 31.5. The zero-order chi connectivity index (χ0) is 41.3. The van der Waals surface area contributed by atoms with E-state index in [0.717, 1.165) is 57.8 Å². The Kier molecular flexibility index (Phi) is 13.2. The molecule has 0 aromatic heterocycles. The summed E-state index contributed by atoms with van der Waals surface area (Å²) in [5, 5.41) is 13.1. The second-order valence-electron chi connectivity index (χ2n) is 18.8. The molecule has 314 valence electrons. The van der Waals surface area contributed by atoms with Gasteiger partial charge < -0.3 is 28.8 Å². The predicted octanol–water partition coefficient (Wildman–Crippen LogP) is 10.1. The first kappa shape index (κ1) is 43.6. The quantitative estimate of drug-likeness (QED) is 0.113. The van der Waals surface area contributed by atoms with E-state index >= 15 is 0 Å². The molecule has 0 radical (unpaired) electrons. The third kappa shape index (κ3) is 9.57. The molecule has 4 saturated carbocycles. The van der Waals surface area contributed by atoms with E-state index in [0.29, 0.717) is 51.6 Å². The van der Waals surface area contributed by atoms with Gasteiger partial charge in [0.05, 0.1) is 6.10 Å². The van der Waals surface area contributed by atoms with Crippen molar-refractivity contribution in [1.29, 1.82) is 0 Å². The third-order valence-electron chi connectivity index (χ3n) is 14.4. The van der Waals surface area contributed by atoms with Crippen molar-refractivity contribution < 1.29 is 43.2 Å². The van der Waals surface area contributed by atoms with Crippen LogP contribution in [0.5, 0.6) is 11.5 Å². The summed E-state index contributed by atoms with van der Waals surface area (Å²) in [6, 6.07) is 13.7. The number of carbonyl (C=O) groups excluding carboxylic acids is 3. The third-order valence-corrected chi connectivity index (χ3v) is 14.9. The number of hydrogen-bond acceptors (Lipinski definition) is 9. The zero-order valence-electron chi connectivity index (χ0n) is 34.7. The standard InChI is InChI=1S/C46H62Cl2O9/c1-28(8-19-39(50)53-24-25-54-41(51)43(2,3)56-32-13-9-30(47)10-14-32)35-17-18-36-40-37(21-23-46(35,36)7)45(6)22-20-34(26-29(45)27-38(40)49)55-42(52)44(4,5)57-33-15-11-31(48)12-16-33/h9-16,28-29,34-38,40,49H,8,17-27H2,1-7H3/t28-,29+,34-,35-,36?,37?,38+,40?,45+,46-/m1/s1. The number of aliphatic hydroxyl groups excluding tert-OH is 1. The first-order chi connectivity index (χ1) is 26.8. The monoisotopic (exact) mass is 828 g/mol. The number of hydrogen-bond donors (Lipinski definition) is 1. The molecule has 2 aromatic carbocycles. The summed E-state index contributed by atoms with van der Waals surface area (Å²) in [5.74, 6) is 2.03. The predicted molar refractivity (Wildman–Crippen MR) is 219 cm³/mol. The van der Waals surface area contributed by atoms with Gasteiger partial charge in [0.15, 0.2) is 11.2 Å². The summed E-state index contributed by atoms with van der Waals surface area (Å²) in [6.45, 7) is 13.8. The van der Waals surface area contributed by atoms with Crippen LogP contribution in [0.15, 0.2) is 48.5 Å². The van der Waals surface area contributed by atoms with Gasteiger partial charge in [-0.3, -0.25) is 4.79 Å². The van der Waals surface area contributed by atoms with Gasteiger partial charge in [-0.1, -0.05) is 44.0 Å². The van der Waals surface area contributed by atoms with E-state index in [-0.39, 0.29) is 60.0 Å². The maximum atomic E-state index is 13.4. The largest absolute Gasteiger partial charge is 0.476 e. The number of esters is 3. The van der Waals surface area contributed by atoms with Gasteiger partial charge in [-0.2, -0.15) is 0 Å². The second kappa shape index (κ2) is 17.3. The molecule has 4 aliphatic rings. The Hall–Kier alpha value is -3.01. The van der Waals surface area contributed by atoms with Crippen molar-refractivity contribution >= 4 is 41.1 Å². The van der Waals surface area contributed by atoms with Crippen LogP contribution in [-0.2, 0) is 28.6 Å². The number of ether oxygens (including phenoxy) is 5. The molecular formula is C46H62Cl2O9. The van der Waals surface area contributed by atoms with Gasteiger partial charge in [-0.15, -0.1) is 0 Å². The summed E-state index contributed by atoms with van der Waals surface area (Å²) in [5.41, 5.74) is -2.19. The Labute approximate surface area is 348 Å². The lowest BCUT2D eigenvalue weighted by Crippen LogP contribution is -2.59. The van der Waals surface area contributed by atoms with Crippen LogP contribution in [-0.4, -0.2) is 59.6 Å². The molecule has 0 spiro atoms. The molecule has 3 unspecified atom stereocenters. The van der Waals surface area contributed by atoms with Crippen LogP contribution in [0.4, 0.5) is 0 Å². The molecule has 2 aromatic rings. The van der Waals surface area contributed by atoms with Gasteiger partial charge in [0.25, 0.3) is 0 Å². The fraction of sp³-hybridized carbons (Fsp3) is 0.674. The summed E-state index contributed by atoms with van der Waals surface area (Å²) in [4.78, 5) is 38.8. The minimum atomic E-state index is -1.22. The smallest absolute Gasteiger partial charge is 0.350 e. The highest BCUT2D eigenvalue weighted by Crippen LogP contribution is 2.68. The van der Waals surface area contributed by atoms with E-state index in [1.54, 1.807) is 76.2 Å². The minimum absolute atomic E-state index is 0.0141. The summed E-state index contributed by atoms with van der Waals surface area (Å²) in [6.07, 6.45) is 8.13. The van der Waals surface area contributed by atoms with Crippen LogP contribution in [0.25, 0.3) is 0 Å². The second-order valence-corrected chi connectivity index (χ2v) is 19.7. The van der Waals surface area contributed by atoms with Crippen molar-refractivity contribution in [3.63, 3.8) is 0 Å². The van der Waals surface area contributed by atoms with Gasteiger partial charge in [0.1, 0.15) is 30.8 Å². The van der Waals surface area contributed by atoms with Crippen LogP contribution >= 0.6 is 23.2 Å². The Morgan fingerprint density at radius 1 is 0.754 bits per heavy atom. The van der Waals surface area contributed by atoms with Crippen molar-refractivity contribution in [2.24, 2.45) is 46.3 Å². The van der Waals surface area contributed by atoms with E-state index in [1.165, 1.54) is 0 Å². The minimum Gasteiger partial charge on any atom is -0.476 e. The average Bonchev–Trinajstić information content (AvgIpc) is 3.51. The van der Waals surface area contributed by atoms with E-state index in [9.17, 15) is 19.5 Å². The van der Waals surface area contributed by atoms with Crippen LogP contribution in [0.1, 0.15) is 113 Å². The zero-order valence-corrected chi connectivity index (χ0v) is 36.2. The maximum absolute atomic E-state index is 13.4. The number of halogens is 2. The topological polar surface area (TPSA) is 118 Å². The molecular weight excluding hydrogens is 767 g/mol. The van der Waals surface area contributed by atoms with Gasteiger partial charge in [-0.05, 0) is 180 Å². The molecule has 10 atom stereocenters. The van der Waals surface area contributed by atoms with Crippen molar-refractivity contribution in [3.05, 3.63) is 58.6 Å².